The predicted molar refractivity (Wildman–Crippen MR) is 98.5 cm³/mol. The first kappa shape index (κ1) is 16.0. The number of aryl methyl sites for hydroxylation is 2. The third-order valence-electron chi connectivity index (χ3n) is 3.73. The quantitative estimate of drug-likeness (QED) is 0.783. The van der Waals surface area contributed by atoms with E-state index >= 15 is 0 Å². The largest absolute Gasteiger partial charge is 0.497 e. The van der Waals surface area contributed by atoms with Gasteiger partial charge in [-0.15, -0.1) is 11.3 Å². The molecule has 22 heavy (non-hydrogen) atoms. The Hall–Kier alpha value is -0.870. The molecule has 118 valence electrons. The van der Waals surface area contributed by atoms with Crippen molar-refractivity contribution in [2.75, 3.05) is 18.8 Å². The molecule has 1 aromatic heterocycles. The SMILES string of the molecule is CCOP(=S)(Nc1cc2c(s1)CCC2)c1ccc(OC)cc1. The maximum atomic E-state index is 5.97. The van der Waals surface area contributed by atoms with E-state index in [2.05, 4.69) is 11.2 Å². The second-order valence-corrected chi connectivity index (χ2v) is 9.97. The molecule has 0 amide bonds. The minimum absolute atomic E-state index is 0.599. The smallest absolute Gasteiger partial charge is 0.183 e. The van der Waals surface area contributed by atoms with E-state index in [9.17, 15) is 0 Å². The summed E-state index contributed by atoms with van der Waals surface area (Å²) in [5.74, 6) is 0.830. The summed E-state index contributed by atoms with van der Waals surface area (Å²) in [6.45, 7) is 2.59. The van der Waals surface area contributed by atoms with Gasteiger partial charge in [0.2, 0.25) is 0 Å². The van der Waals surface area contributed by atoms with Crippen LogP contribution in [0.25, 0.3) is 0 Å². The highest BCUT2D eigenvalue weighted by Crippen LogP contribution is 2.48. The number of fused-ring (bicyclic) bond motifs is 1. The van der Waals surface area contributed by atoms with Crippen LogP contribution in [0.5, 0.6) is 5.75 Å². The number of hydrogen-bond donors (Lipinski definition) is 1. The predicted octanol–water partition coefficient (Wildman–Crippen LogP) is 4.33. The molecular formula is C16H20NO2PS2. The van der Waals surface area contributed by atoms with Gasteiger partial charge in [0.1, 0.15) is 5.75 Å². The first-order valence-electron chi connectivity index (χ1n) is 7.43. The zero-order chi connectivity index (χ0) is 15.6. The molecule has 6 heteroatoms. The fourth-order valence-corrected chi connectivity index (χ4v) is 6.99. The third kappa shape index (κ3) is 3.23. The molecule has 3 nitrogen and oxygen atoms in total. The van der Waals surface area contributed by atoms with Gasteiger partial charge in [0.25, 0.3) is 0 Å². The van der Waals surface area contributed by atoms with Crippen LogP contribution in [-0.4, -0.2) is 13.7 Å². The van der Waals surface area contributed by atoms with Crippen LogP contribution in [0.3, 0.4) is 0 Å². The maximum Gasteiger partial charge on any atom is 0.183 e. The summed E-state index contributed by atoms with van der Waals surface area (Å²) in [6, 6.07) is 10.1. The molecule has 0 fully saturated rings. The van der Waals surface area contributed by atoms with Crippen molar-refractivity contribution >= 4 is 39.9 Å². The molecule has 1 aliphatic rings. The fourth-order valence-electron chi connectivity index (χ4n) is 2.66. The molecule has 0 bridgehead atoms. The topological polar surface area (TPSA) is 30.5 Å². The Kier molecular flexibility index (Phi) is 4.88. The Bertz CT molecular complexity index is 675. The van der Waals surface area contributed by atoms with Gasteiger partial charge in [-0.25, -0.2) is 0 Å². The van der Waals surface area contributed by atoms with Crippen molar-refractivity contribution in [3.8, 4) is 5.75 Å². The minimum Gasteiger partial charge on any atom is -0.497 e. The highest BCUT2D eigenvalue weighted by atomic mass is 32.4. The summed E-state index contributed by atoms with van der Waals surface area (Å²) in [5, 5.41) is 5.68. The van der Waals surface area contributed by atoms with E-state index in [-0.39, 0.29) is 0 Å². The molecule has 0 saturated carbocycles. The van der Waals surface area contributed by atoms with Crippen molar-refractivity contribution in [3.05, 3.63) is 40.8 Å². The third-order valence-corrected chi connectivity index (χ3v) is 8.39. The Morgan fingerprint density at radius 1 is 1.27 bits per heavy atom. The monoisotopic (exact) mass is 353 g/mol. The lowest BCUT2D eigenvalue weighted by molar-refractivity contribution is 0.384. The fraction of sp³-hybridized carbons (Fsp3) is 0.375. The molecule has 1 aromatic carbocycles. The van der Waals surface area contributed by atoms with Crippen LogP contribution in [0, 0.1) is 0 Å². The maximum absolute atomic E-state index is 5.97. The Labute approximate surface area is 140 Å². The highest BCUT2D eigenvalue weighted by Gasteiger charge is 2.23. The first-order valence-corrected chi connectivity index (χ1v) is 11.0. The van der Waals surface area contributed by atoms with Crippen molar-refractivity contribution < 1.29 is 9.26 Å². The van der Waals surface area contributed by atoms with Crippen LogP contribution in [0.2, 0.25) is 0 Å². The Morgan fingerprint density at radius 2 is 2.05 bits per heavy atom. The number of rotatable bonds is 6. The van der Waals surface area contributed by atoms with Gasteiger partial charge in [0.05, 0.1) is 18.7 Å². The molecule has 0 spiro atoms. The zero-order valence-electron chi connectivity index (χ0n) is 12.8. The van der Waals surface area contributed by atoms with Gasteiger partial charge < -0.3 is 14.3 Å². The van der Waals surface area contributed by atoms with E-state index in [1.54, 1.807) is 7.11 Å². The van der Waals surface area contributed by atoms with Gasteiger partial charge in [-0.05, 0) is 73.9 Å². The van der Waals surface area contributed by atoms with E-state index in [1.165, 1.54) is 29.7 Å². The van der Waals surface area contributed by atoms with Crippen LogP contribution in [0.15, 0.2) is 30.3 Å². The summed E-state index contributed by atoms with van der Waals surface area (Å²) >= 11 is 7.70. The molecule has 1 heterocycles. The van der Waals surface area contributed by atoms with E-state index in [4.69, 9.17) is 21.1 Å². The lowest BCUT2D eigenvalue weighted by atomic mass is 10.3. The summed E-state index contributed by atoms with van der Waals surface area (Å²) in [6.07, 6.45) is 1.38. The number of methoxy groups -OCH3 is 1. The molecule has 3 rings (SSSR count). The van der Waals surface area contributed by atoms with Gasteiger partial charge >= 0.3 is 0 Å². The van der Waals surface area contributed by atoms with Gasteiger partial charge in [0, 0.05) is 10.2 Å². The molecule has 1 N–H and O–H groups in total. The average Bonchev–Trinajstić information content (AvgIpc) is 3.08. The first-order chi connectivity index (χ1) is 10.6. The van der Waals surface area contributed by atoms with Crippen LogP contribution in [0.1, 0.15) is 23.8 Å². The summed E-state index contributed by atoms with van der Waals surface area (Å²) in [4.78, 5) is 1.50. The molecule has 1 aliphatic carbocycles. The van der Waals surface area contributed by atoms with Gasteiger partial charge in [-0.1, -0.05) is 0 Å². The van der Waals surface area contributed by atoms with E-state index < -0.39 is 6.42 Å². The van der Waals surface area contributed by atoms with Crippen molar-refractivity contribution in [2.24, 2.45) is 0 Å². The molecule has 0 radical (unpaired) electrons. The molecule has 2 aromatic rings. The van der Waals surface area contributed by atoms with Crippen molar-refractivity contribution in [1.82, 2.24) is 0 Å². The summed E-state index contributed by atoms with van der Waals surface area (Å²) in [5.41, 5.74) is 1.47. The normalized spacial score (nSPS) is 16.1. The van der Waals surface area contributed by atoms with Crippen LogP contribution in [-0.2, 0) is 29.2 Å². The standard InChI is InChI=1S/C16H20NO2PS2/c1-3-19-20(21,14-9-7-13(18-2)8-10-14)17-16-11-12-5-4-6-15(12)22-16/h7-11H,3-6H2,1-2H3,(H,17,21). The van der Waals surface area contributed by atoms with Crippen LogP contribution < -0.4 is 15.1 Å². The highest BCUT2D eigenvalue weighted by molar-refractivity contribution is 8.16. The number of thiophene rings is 1. The van der Waals surface area contributed by atoms with Crippen molar-refractivity contribution in [1.29, 1.82) is 0 Å². The van der Waals surface area contributed by atoms with Gasteiger partial charge in [-0.3, -0.25) is 0 Å². The summed E-state index contributed by atoms with van der Waals surface area (Å²) in [7, 11) is 1.67. The molecular weight excluding hydrogens is 333 g/mol. The Balaban J connectivity index is 1.87. The second kappa shape index (κ2) is 6.71. The minimum atomic E-state index is -2.28. The molecule has 0 aliphatic heterocycles. The average molecular weight is 353 g/mol. The van der Waals surface area contributed by atoms with Gasteiger partial charge in [-0.2, -0.15) is 0 Å². The van der Waals surface area contributed by atoms with E-state index in [0.717, 1.165) is 16.1 Å². The molecule has 1 atom stereocenters. The zero-order valence-corrected chi connectivity index (χ0v) is 15.3. The number of nitrogens with one attached hydrogen (secondary N) is 1. The number of hydrogen-bond acceptors (Lipinski definition) is 4. The van der Waals surface area contributed by atoms with E-state index in [0.29, 0.717) is 6.61 Å². The Morgan fingerprint density at radius 3 is 2.68 bits per heavy atom. The number of anilines is 1. The number of ether oxygens (including phenoxy) is 1. The molecule has 1 unspecified atom stereocenters. The lowest BCUT2D eigenvalue weighted by Gasteiger charge is -2.23. The van der Waals surface area contributed by atoms with Crippen LogP contribution >= 0.6 is 17.8 Å². The lowest BCUT2D eigenvalue weighted by Crippen LogP contribution is -2.13. The van der Waals surface area contributed by atoms with Gasteiger partial charge in [0.15, 0.2) is 6.42 Å². The molecule has 0 saturated heterocycles. The number of benzene rings is 1. The van der Waals surface area contributed by atoms with Crippen LogP contribution in [0.4, 0.5) is 5.00 Å². The van der Waals surface area contributed by atoms with Crippen molar-refractivity contribution in [2.45, 2.75) is 26.2 Å². The second-order valence-electron chi connectivity index (χ2n) is 5.19. The van der Waals surface area contributed by atoms with Crippen molar-refractivity contribution in [3.63, 3.8) is 0 Å². The summed E-state index contributed by atoms with van der Waals surface area (Å²) < 4.78 is 11.2. The van der Waals surface area contributed by atoms with E-state index in [1.807, 2.05) is 42.5 Å².